The lowest BCUT2D eigenvalue weighted by atomic mass is 10.0. The maximum absolute atomic E-state index is 10.7. The number of hydrogen-bond donors (Lipinski definition) is 1. The Morgan fingerprint density at radius 3 is 2.65 bits per heavy atom. The largest absolute Gasteiger partial charge is 0.370 e. The number of rotatable bonds is 6. The Morgan fingerprint density at radius 1 is 1.35 bits per heavy atom. The summed E-state index contributed by atoms with van der Waals surface area (Å²) < 4.78 is 0. The number of benzene rings is 1. The summed E-state index contributed by atoms with van der Waals surface area (Å²) in [5, 5.41) is 14.3. The monoisotopic (exact) mass is 277 g/mol. The molecule has 1 fully saturated rings. The minimum absolute atomic E-state index is 0.154. The highest BCUT2D eigenvalue weighted by Gasteiger charge is 2.17. The fourth-order valence-electron chi connectivity index (χ4n) is 2.73. The van der Waals surface area contributed by atoms with E-state index < -0.39 is 0 Å². The number of nitrogens with one attached hydrogen (secondary N) is 1. The van der Waals surface area contributed by atoms with E-state index in [1.54, 1.807) is 12.1 Å². The molecule has 1 aromatic rings. The Bertz CT molecular complexity index is 427. The summed E-state index contributed by atoms with van der Waals surface area (Å²) in [6.45, 7) is 5.22. The molecular weight excluding hydrogens is 254 g/mol. The molecule has 0 saturated carbocycles. The van der Waals surface area contributed by atoms with E-state index in [9.17, 15) is 10.1 Å². The minimum Gasteiger partial charge on any atom is -0.370 e. The molecule has 0 aliphatic carbocycles. The van der Waals surface area contributed by atoms with Gasteiger partial charge in [0.05, 0.1) is 4.92 Å². The van der Waals surface area contributed by atoms with Crippen LogP contribution in [0.15, 0.2) is 24.3 Å². The van der Waals surface area contributed by atoms with E-state index >= 15 is 0 Å². The van der Waals surface area contributed by atoms with E-state index in [2.05, 4.69) is 17.1 Å². The first-order chi connectivity index (χ1) is 9.70. The van der Waals surface area contributed by atoms with Crippen molar-refractivity contribution in [1.29, 1.82) is 0 Å². The van der Waals surface area contributed by atoms with E-state index in [1.807, 2.05) is 12.1 Å². The lowest BCUT2D eigenvalue weighted by Gasteiger charge is -2.32. The van der Waals surface area contributed by atoms with Gasteiger partial charge in [0, 0.05) is 37.0 Å². The van der Waals surface area contributed by atoms with Crippen LogP contribution in [0.4, 0.5) is 11.4 Å². The first-order valence-electron chi connectivity index (χ1n) is 7.43. The summed E-state index contributed by atoms with van der Waals surface area (Å²) >= 11 is 0. The molecule has 0 spiro atoms. The molecule has 2 rings (SSSR count). The quantitative estimate of drug-likeness (QED) is 0.641. The molecular formula is C15H23N3O2. The van der Waals surface area contributed by atoms with Gasteiger partial charge in [-0.25, -0.2) is 0 Å². The topological polar surface area (TPSA) is 58.4 Å². The zero-order valence-electron chi connectivity index (χ0n) is 12.0. The molecule has 1 aliphatic rings. The van der Waals surface area contributed by atoms with E-state index in [0.717, 1.165) is 31.7 Å². The highest BCUT2D eigenvalue weighted by Crippen LogP contribution is 2.21. The summed E-state index contributed by atoms with van der Waals surface area (Å²) in [5.74, 6) is 0. The fourth-order valence-corrected chi connectivity index (χ4v) is 2.73. The van der Waals surface area contributed by atoms with Crippen LogP contribution in [-0.2, 0) is 0 Å². The molecule has 5 nitrogen and oxygen atoms in total. The summed E-state index contributed by atoms with van der Waals surface area (Å²) in [6.07, 6.45) is 4.84. The molecule has 0 radical (unpaired) electrons. The summed E-state index contributed by atoms with van der Waals surface area (Å²) in [7, 11) is 0. The highest BCUT2D eigenvalue weighted by molar-refractivity contribution is 5.51. The maximum Gasteiger partial charge on any atom is 0.269 e. The van der Waals surface area contributed by atoms with Gasteiger partial charge in [-0.15, -0.1) is 0 Å². The molecule has 1 N–H and O–H groups in total. The number of nitrogens with zero attached hydrogens (tertiary/aromatic N) is 2. The molecule has 1 unspecified atom stereocenters. The van der Waals surface area contributed by atoms with Gasteiger partial charge in [0.15, 0.2) is 0 Å². The second kappa shape index (κ2) is 7.24. The van der Waals surface area contributed by atoms with Gasteiger partial charge in [-0.1, -0.05) is 13.3 Å². The van der Waals surface area contributed by atoms with E-state index in [4.69, 9.17) is 0 Å². The second-order valence-corrected chi connectivity index (χ2v) is 5.37. The average molecular weight is 277 g/mol. The SMILES string of the molecule is CCCN(CC1CCCCN1)c1ccc([N+](=O)[O-])cc1. The Hall–Kier alpha value is -1.62. The van der Waals surface area contributed by atoms with Crippen LogP contribution in [0.25, 0.3) is 0 Å². The molecule has 5 heteroatoms. The van der Waals surface area contributed by atoms with Gasteiger partial charge < -0.3 is 10.2 Å². The lowest BCUT2D eigenvalue weighted by molar-refractivity contribution is -0.384. The van der Waals surface area contributed by atoms with Crippen LogP contribution in [-0.4, -0.2) is 30.6 Å². The number of hydrogen-bond acceptors (Lipinski definition) is 4. The van der Waals surface area contributed by atoms with Gasteiger partial charge in [0.1, 0.15) is 0 Å². The van der Waals surface area contributed by atoms with Crippen LogP contribution in [0.1, 0.15) is 32.6 Å². The molecule has 1 saturated heterocycles. The molecule has 1 atom stereocenters. The normalized spacial score (nSPS) is 18.8. The Kier molecular flexibility index (Phi) is 5.35. The Balaban J connectivity index is 2.04. The number of piperidine rings is 1. The lowest BCUT2D eigenvalue weighted by Crippen LogP contribution is -2.44. The minimum atomic E-state index is -0.351. The maximum atomic E-state index is 10.7. The molecule has 110 valence electrons. The van der Waals surface area contributed by atoms with E-state index in [0.29, 0.717) is 6.04 Å². The van der Waals surface area contributed by atoms with Crippen LogP contribution in [0, 0.1) is 10.1 Å². The van der Waals surface area contributed by atoms with Crippen molar-refractivity contribution in [1.82, 2.24) is 5.32 Å². The van der Waals surface area contributed by atoms with E-state index in [1.165, 1.54) is 19.3 Å². The van der Waals surface area contributed by atoms with Crippen molar-refractivity contribution < 1.29 is 4.92 Å². The van der Waals surface area contributed by atoms with Crippen molar-refractivity contribution in [2.75, 3.05) is 24.5 Å². The highest BCUT2D eigenvalue weighted by atomic mass is 16.6. The van der Waals surface area contributed by atoms with Crippen molar-refractivity contribution in [3.05, 3.63) is 34.4 Å². The van der Waals surface area contributed by atoms with Crippen LogP contribution in [0.5, 0.6) is 0 Å². The third-order valence-corrected chi connectivity index (χ3v) is 3.77. The van der Waals surface area contributed by atoms with Gasteiger partial charge in [0.25, 0.3) is 5.69 Å². The Labute approximate surface area is 120 Å². The summed E-state index contributed by atoms with van der Waals surface area (Å²) in [5.41, 5.74) is 1.23. The van der Waals surface area contributed by atoms with Gasteiger partial charge in [0.2, 0.25) is 0 Å². The fraction of sp³-hybridized carbons (Fsp3) is 0.600. The van der Waals surface area contributed by atoms with Crippen molar-refractivity contribution in [2.45, 2.75) is 38.6 Å². The van der Waals surface area contributed by atoms with Crippen LogP contribution in [0.3, 0.4) is 0 Å². The van der Waals surface area contributed by atoms with Gasteiger partial charge in [-0.05, 0) is 37.9 Å². The molecule has 0 aromatic heterocycles. The van der Waals surface area contributed by atoms with Crippen molar-refractivity contribution in [3.8, 4) is 0 Å². The zero-order chi connectivity index (χ0) is 14.4. The third kappa shape index (κ3) is 3.93. The summed E-state index contributed by atoms with van der Waals surface area (Å²) in [6, 6.07) is 7.43. The predicted molar refractivity (Wildman–Crippen MR) is 81.2 cm³/mol. The molecule has 0 bridgehead atoms. The smallest absolute Gasteiger partial charge is 0.269 e. The Morgan fingerprint density at radius 2 is 2.10 bits per heavy atom. The van der Waals surface area contributed by atoms with Crippen molar-refractivity contribution in [3.63, 3.8) is 0 Å². The number of nitro benzene ring substituents is 1. The summed E-state index contributed by atoms with van der Waals surface area (Å²) in [4.78, 5) is 12.7. The predicted octanol–water partition coefficient (Wildman–Crippen LogP) is 2.95. The van der Waals surface area contributed by atoms with Crippen LogP contribution >= 0.6 is 0 Å². The zero-order valence-corrected chi connectivity index (χ0v) is 12.0. The van der Waals surface area contributed by atoms with Crippen molar-refractivity contribution >= 4 is 11.4 Å². The van der Waals surface area contributed by atoms with Gasteiger partial charge in [-0.3, -0.25) is 10.1 Å². The molecule has 0 amide bonds. The van der Waals surface area contributed by atoms with Crippen LogP contribution in [0.2, 0.25) is 0 Å². The average Bonchev–Trinajstić information content (AvgIpc) is 2.48. The number of non-ortho nitro benzene ring substituents is 1. The number of anilines is 1. The van der Waals surface area contributed by atoms with Gasteiger partial charge in [-0.2, -0.15) is 0 Å². The standard InChI is InChI=1S/C15H23N3O2/c1-2-11-17(12-13-5-3-4-10-16-13)14-6-8-15(9-7-14)18(19)20/h6-9,13,16H,2-5,10-12H2,1H3. The molecule has 1 aromatic carbocycles. The van der Waals surface area contributed by atoms with Gasteiger partial charge >= 0.3 is 0 Å². The van der Waals surface area contributed by atoms with Crippen molar-refractivity contribution in [2.24, 2.45) is 0 Å². The first-order valence-corrected chi connectivity index (χ1v) is 7.43. The molecule has 20 heavy (non-hydrogen) atoms. The molecule has 1 heterocycles. The molecule has 1 aliphatic heterocycles. The van der Waals surface area contributed by atoms with Crippen LogP contribution < -0.4 is 10.2 Å². The third-order valence-electron chi connectivity index (χ3n) is 3.77. The number of nitro groups is 1. The first kappa shape index (κ1) is 14.8. The second-order valence-electron chi connectivity index (χ2n) is 5.37. The van der Waals surface area contributed by atoms with E-state index in [-0.39, 0.29) is 10.6 Å².